The average molecular weight is 397 g/mol. The Balaban J connectivity index is 1.46. The number of pyridine rings is 1. The van der Waals surface area contributed by atoms with E-state index in [1.54, 1.807) is 16.8 Å². The fraction of sp³-hybridized carbons (Fsp3) is 0.409. The van der Waals surface area contributed by atoms with Crippen molar-refractivity contribution in [1.29, 1.82) is 0 Å². The van der Waals surface area contributed by atoms with Crippen molar-refractivity contribution in [2.75, 3.05) is 6.54 Å². The van der Waals surface area contributed by atoms with Crippen LogP contribution in [0, 0.1) is 12.7 Å². The maximum absolute atomic E-state index is 14.5. The number of halogens is 1. The Labute approximate surface area is 167 Å². The Hall–Kier alpha value is -2.48. The molecule has 2 aliphatic rings. The molecule has 1 aliphatic heterocycles. The van der Waals surface area contributed by atoms with Crippen molar-refractivity contribution in [2.45, 2.75) is 50.7 Å². The van der Waals surface area contributed by atoms with Gasteiger partial charge < -0.3 is 24.8 Å². The summed E-state index contributed by atoms with van der Waals surface area (Å²) in [7, 11) is 0. The van der Waals surface area contributed by atoms with E-state index in [4.69, 9.17) is 4.74 Å². The first kappa shape index (κ1) is 18.5. The van der Waals surface area contributed by atoms with Crippen molar-refractivity contribution in [3.63, 3.8) is 0 Å². The van der Waals surface area contributed by atoms with Crippen molar-refractivity contribution in [1.82, 2.24) is 14.9 Å². The van der Waals surface area contributed by atoms with Gasteiger partial charge in [-0.2, -0.15) is 0 Å². The van der Waals surface area contributed by atoms with Crippen molar-refractivity contribution in [2.24, 2.45) is 0 Å². The minimum Gasteiger partial charge on any atom is -0.487 e. The largest absolute Gasteiger partial charge is 0.487 e. The molecule has 1 fully saturated rings. The SMILES string of the molecule is Cc1ccnc2c1c(F)cn2[C@@H]1C[C@H](Oc2cccc3c2CNCC3)[C@@H](O)[C@H]1O. The fourth-order valence-electron chi connectivity index (χ4n) is 4.65. The predicted octanol–water partition coefficient (Wildman–Crippen LogP) is 2.24. The van der Waals surface area contributed by atoms with Crippen molar-refractivity contribution < 1.29 is 19.3 Å². The second-order valence-corrected chi connectivity index (χ2v) is 7.97. The monoisotopic (exact) mass is 397 g/mol. The molecule has 2 aromatic heterocycles. The smallest absolute Gasteiger partial charge is 0.150 e. The summed E-state index contributed by atoms with van der Waals surface area (Å²) < 4.78 is 22.3. The summed E-state index contributed by atoms with van der Waals surface area (Å²) in [6.07, 6.45) is 1.55. The molecule has 0 saturated heterocycles. The first-order valence-corrected chi connectivity index (χ1v) is 10.0. The van der Waals surface area contributed by atoms with E-state index in [0.717, 1.165) is 36.4 Å². The molecule has 0 amide bonds. The summed E-state index contributed by atoms with van der Waals surface area (Å²) in [5.41, 5.74) is 3.60. The van der Waals surface area contributed by atoms with E-state index in [-0.39, 0.29) is 5.82 Å². The van der Waals surface area contributed by atoms with Gasteiger partial charge in [-0.1, -0.05) is 12.1 Å². The Kier molecular flexibility index (Phi) is 4.53. The highest BCUT2D eigenvalue weighted by Crippen LogP contribution is 2.38. The summed E-state index contributed by atoms with van der Waals surface area (Å²) in [4.78, 5) is 4.31. The lowest BCUT2D eigenvalue weighted by Crippen LogP contribution is -2.34. The molecule has 0 bridgehead atoms. The molecule has 5 rings (SSSR count). The molecule has 1 aliphatic carbocycles. The molecular weight excluding hydrogens is 373 g/mol. The van der Waals surface area contributed by atoms with Crippen LogP contribution in [-0.4, -0.2) is 44.6 Å². The third-order valence-electron chi connectivity index (χ3n) is 6.21. The number of aromatic nitrogens is 2. The standard InChI is InChI=1S/C22H24FN3O3/c1-12-5-8-25-22-19(12)15(23)11-26(22)16-9-18(21(28)20(16)27)29-17-4-2-3-13-6-7-24-10-14(13)17/h2-5,8,11,16,18,20-21,24,27-28H,6-7,9-10H2,1H3/t16-,18+,20+,21-/m1/s1. The van der Waals surface area contributed by atoms with E-state index in [9.17, 15) is 14.6 Å². The van der Waals surface area contributed by atoms with Crippen molar-refractivity contribution in [3.8, 4) is 5.75 Å². The number of fused-ring (bicyclic) bond motifs is 2. The molecule has 7 heteroatoms. The lowest BCUT2D eigenvalue weighted by Gasteiger charge is -2.24. The van der Waals surface area contributed by atoms with E-state index >= 15 is 0 Å². The van der Waals surface area contributed by atoms with E-state index < -0.39 is 24.4 Å². The summed E-state index contributed by atoms with van der Waals surface area (Å²) in [5, 5.41) is 25.2. The predicted molar refractivity (Wildman–Crippen MR) is 106 cm³/mol. The van der Waals surface area contributed by atoms with Crippen molar-refractivity contribution >= 4 is 11.0 Å². The lowest BCUT2D eigenvalue weighted by atomic mass is 10.0. The van der Waals surface area contributed by atoms with Crippen LogP contribution < -0.4 is 10.1 Å². The number of ether oxygens (including phenoxy) is 1. The molecule has 3 heterocycles. The van der Waals surface area contributed by atoms with Crippen LogP contribution in [0.2, 0.25) is 0 Å². The number of hydrogen-bond donors (Lipinski definition) is 3. The number of rotatable bonds is 3. The van der Waals surface area contributed by atoms with E-state index in [1.807, 2.05) is 19.1 Å². The molecule has 1 saturated carbocycles. The van der Waals surface area contributed by atoms with Crippen LogP contribution in [0.3, 0.4) is 0 Å². The van der Waals surface area contributed by atoms with Gasteiger partial charge in [-0.05, 0) is 43.1 Å². The van der Waals surface area contributed by atoms with Gasteiger partial charge in [0, 0.05) is 30.9 Å². The van der Waals surface area contributed by atoms with E-state index in [0.29, 0.717) is 17.5 Å². The number of nitrogens with one attached hydrogen (secondary N) is 1. The highest BCUT2D eigenvalue weighted by atomic mass is 19.1. The number of nitrogens with zero attached hydrogens (tertiary/aromatic N) is 2. The summed E-state index contributed by atoms with van der Waals surface area (Å²) in [6.45, 7) is 3.48. The first-order valence-electron chi connectivity index (χ1n) is 10.0. The minimum absolute atomic E-state index is 0.359. The Morgan fingerprint density at radius 2 is 2.10 bits per heavy atom. The molecule has 6 nitrogen and oxygen atoms in total. The zero-order chi connectivity index (χ0) is 20.1. The molecule has 1 aromatic carbocycles. The molecule has 3 N–H and O–H groups in total. The number of hydrogen-bond acceptors (Lipinski definition) is 5. The number of aliphatic hydroxyl groups is 2. The summed E-state index contributed by atoms with van der Waals surface area (Å²) in [6, 6.07) is 7.18. The second-order valence-electron chi connectivity index (χ2n) is 7.97. The number of aryl methyl sites for hydroxylation is 1. The molecule has 0 spiro atoms. The molecule has 4 atom stereocenters. The Morgan fingerprint density at radius 1 is 1.24 bits per heavy atom. The minimum atomic E-state index is -1.07. The summed E-state index contributed by atoms with van der Waals surface area (Å²) >= 11 is 0. The summed E-state index contributed by atoms with van der Waals surface area (Å²) in [5.74, 6) is 0.351. The highest BCUT2D eigenvalue weighted by Gasteiger charge is 2.45. The zero-order valence-corrected chi connectivity index (χ0v) is 16.2. The fourth-order valence-corrected chi connectivity index (χ4v) is 4.65. The van der Waals surface area contributed by atoms with E-state index in [1.165, 1.54) is 11.8 Å². The van der Waals surface area contributed by atoms with Gasteiger partial charge in [0.2, 0.25) is 0 Å². The molecule has 0 unspecified atom stereocenters. The van der Waals surface area contributed by atoms with Crippen LogP contribution in [0.1, 0.15) is 29.2 Å². The van der Waals surface area contributed by atoms with Crippen LogP contribution in [0.4, 0.5) is 4.39 Å². The van der Waals surface area contributed by atoms with Gasteiger partial charge in [0.25, 0.3) is 0 Å². The molecular formula is C22H24FN3O3. The van der Waals surface area contributed by atoms with Crippen LogP contribution in [0.5, 0.6) is 5.75 Å². The lowest BCUT2D eigenvalue weighted by molar-refractivity contribution is -0.0166. The molecule has 3 aromatic rings. The first-order chi connectivity index (χ1) is 14.0. The Morgan fingerprint density at radius 3 is 2.97 bits per heavy atom. The zero-order valence-electron chi connectivity index (χ0n) is 16.2. The van der Waals surface area contributed by atoms with Crippen LogP contribution >= 0.6 is 0 Å². The maximum Gasteiger partial charge on any atom is 0.150 e. The van der Waals surface area contributed by atoms with E-state index in [2.05, 4.69) is 16.4 Å². The molecule has 0 radical (unpaired) electrons. The average Bonchev–Trinajstić information content (AvgIpc) is 3.20. The second kappa shape index (κ2) is 7.09. The van der Waals surface area contributed by atoms with Gasteiger partial charge in [0.1, 0.15) is 29.7 Å². The number of aliphatic hydroxyl groups excluding tert-OH is 2. The van der Waals surface area contributed by atoms with Crippen LogP contribution in [0.25, 0.3) is 11.0 Å². The van der Waals surface area contributed by atoms with Gasteiger partial charge in [0.05, 0.1) is 11.4 Å². The highest BCUT2D eigenvalue weighted by molar-refractivity contribution is 5.80. The maximum atomic E-state index is 14.5. The van der Waals surface area contributed by atoms with Gasteiger partial charge in [-0.3, -0.25) is 0 Å². The van der Waals surface area contributed by atoms with Crippen LogP contribution in [0.15, 0.2) is 36.7 Å². The van der Waals surface area contributed by atoms with Crippen LogP contribution in [-0.2, 0) is 13.0 Å². The number of benzene rings is 1. The van der Waals surface area contributed by atoms with Gasteiger partial charge in [0.15, 0.2) is 5.82 Å². The van der Waals surface area contributed by atoms with Gasteiger partial charge in [-0.25, -0.2) is 9.37 Å². The quantitative estimate of drug-likeness (QED) is 0.632. The van der Waals surface area contributed by atoms with Gasteiger partial charge >= 0.3 is 0 Å². The molecule has 152 valence electrons. The third-order valence-corrected chi connectivity index (χ3v) is 6.21. The molecule has 29 heavy (non-hydrogen) atoms. The van der Waals surface area contributed by atoms with Crippen molar-refractivity contribution in [3.05, 3.63) is 59.2 Å². The van der Waals surface area contributed by atoms with Gasteiger partial charge in [-0.15, -0.1) is 0 Å². The topological polar surface area (TPSA) is 79.5 Å². The normalized spacial score (nSPS) is 26.6. The Bertz CT molecular complexity index is 1070. The third kappa shape index (κ3) is 3.01.